The van der Waals surface area contributed by atoms with Gasteiger partial charge in [-0.3, -0.25) is 4.98 Å². The SMILES string of the molecule is CC(C)C1=C2[C@@H](CC/C(=C/c3ccc(CO)o3)c3ccccn3)OC[C@@H]2S(=O)(=O)C1. The van der Waals surface area contributed by atoms with Gasteiger partial charge in [0.25, 0.3) is 0 Å². The van der Waals surface area contributed by atoms with Gasteiger partial charge in [-0.15, -0.1) is 0 Å². The number of rotatable bonds is 7. The first kappa shape index (κ1) is 21.0. The second-order valence-electron chi connectivity index (χ2n) is 8.14. The number of furan rings is 1. The molecular formula is C23H27NO5S. The topological polar surface area (TPSA) is 89.6 Å². The van der Waals surface area contributed by atoms with Gasteiger partial charge in [-0.25, -0.2) is 8.42 Å². The Labute approximate surface area is 177 Å². The van der Waals surface area contributed by atoms with E-state index in [-0.39, 0.29) is 31.0 Å². The largest absolute Gasteiger partial charge is 0.459 e. The minimum absolute atomic E-state index is 0.148. The van der Waals surface area contributed by atoms with Gasteiger partial charge >= 0.3 is 0 Å². The molecule has 0 amide bonds. The summed E-state index contributed by atoms with van der Waals surface area (Å²) in [7, 11) is -3.16. The van der Waals surface area contributed by atoms with E-state index in [0.717, 1.165) is 22.4 Å². The van der Waals surface area contributed by atoms with Crippen LogP contribution in [0.1, 0.15) is 43.9 Å². The first-order valence-corrected chi connectivity index (χ1v) is 12.0. The first-order valence-electron chi connectivity index (χ1n) is 10.3. The molecule has 0 saturated carbocycles. The lowest BCUT2D eigenvalue weighted by Gasteiger charge is -2.16. The molecule has 160 valence electrons. The summed E-state index contributed by atoms with van der Waals surface area (Å²) in [6.45, 7) is 4.19. The highest BCUT2D eigenvalue weighted by atomic mass is 32.2. The Balaban J connectivity index is 1.59. The Bertz CT molecular complexity index is 1070. The second-order valence-corrected chi connectivity index (χ2v) is 10.3. The molecule has 2 aliphatic heterocycles. The van der Waals surface area contributed by atoms with Crippen molar-refractivity contribution in [1.82, 2.24) is 4.98 Å². The molecule has 30 heavy (non-hydrogen) atoms. The molecule has 2 aliphatic rings. The molecule has 1 fully saturated rings. The molecule has 0 aliphatic carbocycles. The Morgan fingerprint density at radius 1 is 1.30 bits per heavy atom. The Hall–Kier alpha value is -2.22. The number of ether oxygens (including phenoxy) is 1. The van der Waals surface area contributed by atoms with Crippen LogP contribution in [0.3, 0.4) is 0 Å². The number of pyridine rings is 1. The zero-order valence-electron chi connectivity index (χ0n) is 17.2. The summed E-state index contributed by atoms with van der Waals surface area (Å²) >= 11 is 0. The number of aromatic nitrogens is 1. The summed E-state index contributed by atoms with van der Waals surface area (Å²) in [5.41, 5.74) is 3.82. The average Bonchev–Trinajstić information content (AvgIpc) is 3.42. The number of fused-ring (bicyclic) bond motifs is 1. The fourth-order valence-corrected chi connectivity index (χ4v) is 6.39. The molecule has 0 radical (unpaired) electrons. The van der Waals surface area contributed by atoms with Crippen LogP contribution in [0.2, 0.25) is 0 Å². The van der Waals surface area contributed by atoms with E-state index < -0.39 is 15.1 Å². The Morgan fingerprint density at radius 3 is 2.80 bits per heavy atom. The highest BCUT2D eigenvalue weighted by molar-refractivity contribution is 7.92. The van der Waals surface area contributed by atoms with Crippen LogP contribution in [0.5, 0.6) is 0 Å². The number of allylic oxidation sites excluding steroid dienone is 1. The van der Waals surface area contributed by atoms with Crippen LogP contribution in [0, 0.1) is 5.92 Å². The molecule has 4 rings (SSSR count). The predicted octanol–water partition coefficient (Wildman–Crippen LogP) is 3.64. The summed E-state index contributed by atoms with van der Waals surface area (Å²) < 4.78 is 36.7. The van der Waals surface area contributed by atoms with Crippen LogP contribution >= 0.6 is 0 Å². The summed E-state index contributed by atoms with van der Waals surface area (Å²) in [5, 5.41) is 8.76. The zero-order valence-corrected chi connectivity index (χ0v) is 18.1. The van der Waals surface area contributed by atoms with Crippen molar-refractivity contribution in [1.29, 1.82) is 0 Å². The Kier molecular flexibility index (Phi) is 5.95. The van der Waals surface area contributed by atoms with E-state index in [0.29, 0.717) is 24.4 Å². The molecular weight excluding hydrogens is 402 g/mol. The molecule has 2 atom stereocenters. The molecule has 0 aromatic carbocycles. The number of sulfone groups is 1. The highest BCUT2D eigenvalue weighted by Gasteiger charge is 2.47. The minimum Gasteiger partial charge on any atom is -0.459 e. The maximum atomic E-state index is 12.6. The number of hydrogen-bond donors (Lipinski definition) is 1. The van der Waals surface area contributed by atoms with Crippen molar-refractivity contribution < 1.29 is 22.7 Å². The summed E-state index contributed by atoms with van der Waals surface area (Å²) in [4.78, 5) is 4.47. The monoisotopic (exact) mass is 429 g/mol. The van der Waals surface area contributed by atoms with Crippen molar-refractivity contribution in [3.8, 4) is 0 Å². The van der Waals surface area contributed by atoms with E-state index in [2.05, 4.69) is 4.98 Å². The van der Waals surface area contributed by atoms with E-state index in [1.54, 1.807) is 12.3 Å². The third kappa shape index (κ3) is 4.15. The maximum Gasteiger partial charge on any atom is 0.163 e. The van der Waals surface area contributed by atoms with Gasteiger partial charge in [0.05, 0.1) is 24.2 Å². The Morgan fingerprint density at radius 2 is 2.13 bits per heavy atom. The molecule has 2 aromatic heterocycles. The van der Waals surface area contributed by atoms with Gasteiger partial charge in [0, 0.05) is 6.20 Å². The third-order valence-corrected chi connectivity index (χ3v) is 7.80. The van der Waals surface area contributed by atoms with Crippen molar-refractivity contribution in [3.63, 3.8) is 0 Å². The fraction of sp³-hybridized carbons (Fsp3) is 0.435. The van der Waals surface area contributed by atoms with Crippen LogP contribution in [-0.2, 0) is 21.2 Å². The van der Waals surface area contributed by atoms with Gasteiger partial charge in [-0.2, -0.15) is 0 Å². The van der Waals surface area contributed by atoms with Crippen LogP contribution in [0.4, 0.5) is 0 Å². The number of nitrogens with zero attached hydrogens (tertiary/aromatic N) is 1. The molecule has 1 N–H and O–H groups in total. The van der Waals surface area contributed by atoms with E-state index in [1.165, 1.54) is 0 Å². The van der Waals surface area contributed by atoms with Crippen molar-refractivity contribution >= 4 is 21.5 Å². The smallest absolute Gasteiger partial charge is 0.163 e. The summed E-state index contributed by atoms with van der Waals surface area (Å²) in [6, 6.07) is 9.31. The van der Waals surface area contributed by atoms with Gasteiger partial charge < -0.3 is 14.3 Å². The van der Waals surface area contributed by atoms with Crippen molar-refractivity contribution in [2.75, 3.05) is 12.4 Å². The van der Waals surface area contributed by atoms with Gasteiger partial charge in [0.15, 0.2) is 9.84 Å². The molecule has 2 aromatic rings. The molecule has 7 heteroatoms. The summed E-state index contributed by atoms with van der Waals surface area (Å²) in [6.07, 6.45) is 4.82. The standard InChI is InChI=1S/C23H27NO5S/c1-15(2)19-14-30(26,27)22-13-28-21(23(19)22)9-6-16(20-5-3-4-10-24-20)11-17-7-8-18(12-25)29-17/h3-5,7-8,10-11,15,21-22,25H,6,9,12-14H2,1-2H3/b16-11-/t21-,22+/m1/s1. The number of aliphatic hydroxyl groups excluding tert-OH is 1. The van der Waals surface area contributed by atoms with Crippen LogP contribution in [0.15, 0.2) is 52.1 Å². The van der Waals surface area contributed by atoms with Crippen LogP contribution < -0.4 is 0 Å². The van der Waals surface area contributed by atoms with Gasteiger partial charge in [-0.1, -0.05) is 19.9 Å². The predicted molar refractivity (Wildman–Crippen MR) is 115 cm³/mol. The molecule has 0 spiro atoms. The molecule has 0 bridgehead atoms. The third-order valence-electron chi connectivity index (χ3n) is 5.82. The number of hydrogen-bond acceptors (Lipinski definition) is 6. The van der Waals surface area contributed by atoms with E-state index >= 15 is 0 Å². The highest BCUT2D eigenvalue weighted by Crippen LogP contribution is 2.41. The fourth-order valence-electron chi connectivity index (χ4n) is 4.28. The maximum absolute atomic E-state index is 12.6. The minimum atomic E-state index is -3.16. The van der Waals surface area contributed by atoms with Gasteiger partial charge in [-0.05, 0) is 65.8 Å². The van der Waals surface area contributed by atoms with Crippen LogP contribution in [-0.4, -0.2) is 42.2 Å². The number of aliphatic hydroxyl groups is 1. The lowest BCUT2D eigenvalue weighted by Crippen LogP contribution is -2.19. The first-order chi connectivity index (χ1) is 14.4. The second kappa shape index (κ2) is 8.49. The average molecular weight is 430 g/mol. The zero-order chi connectivity index (χ0) is 21.3. The van der Waals surface area contributed by atoms with E-state index in [9.17, 15) is 13.5 Å². The molecule has 1 saturated heterocycles. The lowest BCUT2D eigenvalue weighted by molar-refractivity contribution is 0.118. The lowest BCUT2D eigenvalue weighted by atomic mass is 9.91. The molecule has 6 nitrogen and oxygen atoms in total. The molecule has 4 heterocycles. The van der Waals surface area contributed by atoms with Gasteiger partial charge in [0.2, 0.25) is 0 Å². The van der Waals surface area contributed by atoms with Crippen molar-refractivity contribution in [2.24, 2.45) is 5.92 Å². The van der Waals surface area contributed by atoms with Crippen molar-refractivity contribution in [3.05, 3.63) is 64.9 Å². The van der Waals surface area contributed by atoms with Gasteiger partial charge in [0.1, 0.15) is 23.4 Å². The van der Waals surface area contributed by atoms with Crippen molar-refractivity contribution in [2.45, 2.75) is 44.6 Å². The normalized spacial score (nSPS) is 23.4. The van der Waals surface area contributed by atoms with E-state index in [4.69, 9.17) is 9.15 Å². The molecule has 0 unspecified atom stereocenters. The summed E-state index contributed by atoms with van der Waals surface area (Å²) in [5.74, 6) is 1.50. The van der Waals surface area contributed by atoms with Crippen LogP contribution in [0.25, 0.3) is 11.6 Å². The van der Waals surface area contributed by atoms with E-state index in [1.807, 2.05) is 44.2 Å². The quantitative estimate of drug-likeness (QED) is 0.676.